The summed E-state index contributed by atoms with van der Waals surface area (Å²) in [6, 6.07) is 38.6. The summed E-state index contributed by atoms with van der Waals surface area (Å²) in [6.07, 6.45) is 6.64. The van der Waals surface area contributed by atoms with Gasteiger partial charge in [-0.2, -0.15) is 0 Å². The molecule has 9 aromatic rings. The minimum atomic E-state index is -0.586. The highest BCUT2D eigenvalue weighted by atomic mass is 16.5. The van der Waals surface area contributed by atoms with Gasteiger partial charge < -0.3 is 66.9 Å². The minimum Gasteiger partial charge on any atom is -0.395 e. The molecule has 3 aliphatic rings. The predicted molar refractivity (Wildman–Crippen MR) is 334 cm³/mol. The number of nitrogens with one attached hydrogen (secondary N) is 5. The van der Waals surface area contributed by atoms with Crippen molar-refractivity contribution in [3.63, 3.8) is 0 Å². The number of hydrogen-bond acceptors (Lipinski definition) is 16. The third kappa shape index (κ3) is 13.0. The Hall–Kier alpha value is -8.76. The average molecular weight is 1150 g/mol. The van der Waals surface area contributed by atoms with Gasteiger partial charge in [0.15, 0.2) is 11.3 Å². The predicted octanol–water partition coefficient (Wildman–Crippen LogP) is 8.51. The Bertz CT molecular complexity index is 3750. The Morgan fingerprint density at radius 2 is 1.13 bits per heavy atom. The number of amides is 2. The van der Waals surface area contributed by atoms with Crippen LogP contribution in [0.3, 0.4) is 0 Å². The first-order valence-corrected chi connectivity index (χ1v) is 29.3. The van der Waals surface area contributed by atoms with Crippen molar-refractivity contribution in [2.24, 2.45) is 11.5 Å². The first-order chi connectivity index (χ1) is 41.6. The van der Waals surface area contributed by atoms with E-state index in [1.807, 2.05) is 78.9 Å². The Kier molecular flexibility index (Phi) is 18.3. The molecule has 3 aliphatic heterocycles. The van der Waals surface area contributed by atoms with Gasteiger partial charge in [0.05, 0.1) is 68.2 Å². The zero-order chi connectivity index (χ0) is 58.8. The molecule has 2 amide bonds. The zero-order valence-corrected chi connectivity index (χ0v) is 48.1. The summed E-state index contributed by atoms with van der Waals surface area (Å²) >= 11 is 0. The van der Waals surface area contributed by atoms with Crippen LogP contribution in [-0.4, -0.2) is 135 Å². The largest absolute Gasteiger partial charge is 0.395 e. The van der Waals surface area contributed by atoms with E-state index < -0.39 is 11.8 Å². The highest BCUT2D eigenvalue weighted by Gasteiger charge is 2.26. The fraction of sp³-hybridized carbons (Fsp3) is 0.323. The van der Waals surface area contributed by atoms with Crippen LogP contribution in [0.15, 0.2) is 128 Å². The molecule has 20 nitrogen and oxygen atoms in total. The molecule has 7 heterocycles. The van der Waals surface area contributed by atoms with Gasteiger partial charge in [0.1, 0.15) is 22.7 Å². The molecule has 11 N–H and O–H groups in total. The Morgan fingerprint density at radius 3 is 1.60 bits per heavy atom. The smallest absolute Gasteiger partial charge is 0.252 e. The number of carbonyl (C=O) groups is 2. The number of aromatic nitrogens is 6. The number of aliphatic hydroxyl groups is 2. The standard InChI is InChI=1S/C34H37N7O3.C31H37N7O3/c1-2-26-24(19-36-29(21-42)22-7-4-3-5-8-22)9-6-10-28(26)38-30-27(32(35)43)20-37-34-31(30)39-33(40-34)23-11-13-25(14-12-23)41-15-17-44-18-16-41;1-2-24-21(18-38-12-4-6-23(38)19-39)5-3-7-26(24)34-27-25(29(32)40)17-33-31-28(27)35-30(36-31)20-8-10-22(11-9-20)37-13-15-41-16-14-37/h3-14,20,29,36,42H,2,15-19,21H2,1H3,(H2,35,43)(H2,37,38,39,40);3,5,7-11,17,23,39H,2,4,6,12-16,18-19H2,1H3,(H2,32,40)(H2,33,34,35,36)/t29-;23-/m11/s1. The van der Waals surface area contributed by atoms with E-state index in [9.17, 15) is 19.8 Å². The number of aliphatic hydroxyl groups excluding tert-OH is 2. The summed E-state index contributed by atoms with van der Waals surface area (Å²) < 4.78 is 11.0. The molecule has 5 aromatic carbocycles. The van der Waals surface area contributed by atoms with E-state index in [1.165, 1.54) is 18.0 Å². The van der Waals surface area contributed by atoms with Gasteiger partial charge in [-0.15, -0.1) is 0 Å². The molecule has 3 fully saturated rings. The van der Waals surface area contributed by atoms with Gasteiger partial charge >= 0.3 is 0 Å². The van der Waals surface area contributed by atoms with Gasteiger partial charge in [0.25, 0.3) is 11.8 Å². The molecule has 85 heavy (non-hydrogen) atoms. The van der Waals surface area contributed by atoms with Crippen LogP contribution in [0.5, 0.6) is 0 Å². The number of hydrogen-bond donors (Lipinski definition) is 9. The number of nitrogens with zero attached hydrogens (tertiary/aromatic N) is 7. The second-order valence-electron chi connectivity index (χ2n) is 21.5. The number of imidazole rings is 2. The number of benzene rings is 5. The Morgan fingerprint density at radius 1 is 0.635 bits per heavy atom. The van der Waals surface area contributed by atoms with Crippen LogP contribution in [-0.2, 0) is 35.4 Å². The van der Waals surface area contributed by atoms with E-state index in [2.05, 4.69) is 101 Å². The number of pyridine rings is 2. The summed E-state index contributed by atoms with van der Waals surface area (Å²) in [5.41, 5.74) is 26.9. The number of anilines is 6. The van der Waals surface area contributed by atoms with E-state index in [0.717, 1.165) is 148 Å². The second kappa shape index (κ2) is 26.9. The van der Waals surface area contributed by atoms with Crippen molar-refractivity contribution in [1.82, 2.24) is 40.1 Å². The molecule has 0 saturated carbocycles. The molecule has 0 radical (unpaired) electrons. The lowest BCUT2D eigenvalue weighted by Gasteiger charge is -2.28. The summed E-state index contributed by atoms with van der Waals surface area (Å²) in [6.45, 7) is 13.1. The van der Waals surface area contributed by atoms with Gasteiger partial charge in [0.2, 0.25) is 0 Å². The number of rotatable bonds is 20. The van der Waals surface area contributed by atoms with Crippen LogP contribution >= 0.6 is 0 Å². The fourth-order valence-corrected chi connectivity index (χ4v) is 11.8. The Labute approximate surface area is 494 Å². The van der Waals surface area contributed by atoms with Crippen LogP contribution < -0.4 is 37.2 Å². The number of nitrogens with two attached hydrogens (primary N) is 2. The van der Waals surface area contributed by atoms with Crippen molar-refractivity contribution in [3.8, 4) is 22.8 Å². The number of primary amides is 2. The molecule has 2 atom stereocenters. The summed E-state index contributed by atoms with van der Waals surface area (Å²) in [5.74, 6) is 0.164. The summed E-state index contributed by atoms with van der Waals surface area (Å²) in [5, 5.41) is 30.4. The van der Waals surface area contributed by atoms with Crippen molar-refractivity contribution in [2.75, 3.05) is 92.8 Å². The van der Waals surface area contributed by atoms with E-state index in [-0.39, 0.29) is 30.9 Å². The first-order valence-electron chi connectivity index (χ1n) is 29.3. The SMILES string of the molecule is CCc1c(CN2CCC[C@@H]2CO)cccc1Nc1c(C(N)=O)cnc2nc(-c3ccc(N4CCOCC4)cc3)[nH]c12.CCc1c(CN[C@H](CO)c2ccccc2)cccc1Nc1c(C(N)=O)cnc2nc(-c3ccc(N4CCOCC4)cc3)[nH]c12. The van der Waals surface area contributed by atoms with E-state index in [1.54, 1.807) is 0 Å². The second-order valence-corrected chi connectivity index (χ2v) is 21.5. The maximum Gasteiger partial charge on any atom is 0.252 e. The van der Waals surface area contributed by atoms with Crippen molar-refractivity contribution < 1.29 is 29.3 Å². The topological polar surface area (TPSA) is 274 Å². The summed E-state index contributed by atoms with van der Waals surface area (Å²) in [7, 11) is 0. The number of ether oxygens (including phenoxy) is 2. The quantitative estimate of drug-likeness (QED) is 0.0346. The normalized spacial score (nSPS) is 15.9. The molecule has 0 spiro atoms. The van der Waals surface area contributed by atoms with Crippen LogP contribution in [0.1, 0.15) is 81.3 Å². The number of morpholine rings is 2. The van der Waals surface area contributed by atoms with Gasteiger partial charge in [-0.05, 0) is 121 Å². The maximum atomic E-state index is 12.5. The molecule has 0 aliphatic carbocycles. The maximum absolute atomic E-state index is 12.5. The van der Waals surface area contributed by atoms with Crippen molar-refractivity contribution in [3.05, 3.63) is 167 Å². The molecule has 4 aromatic heterocycles. The first kappa shape index (κ1) is 58.0. The number of likely N-dealkylation sites (tertiary alicyclic amines) is 1. The van der Waals surface area contributed by atoms with Gasteiger partial charge in [-0.1, -0.05) is 68.4 Å². The monoisotopic (exact) mass is 1150 g/mol. The third-order valence-electron chi connectivity index (χ3n) is 16.4. The van der Waals surface area contributed by atoms with Crippen LogP contribution in [0, 0.1) is 0 Å². The molecule has 20 heteroatoms. The Balaban J connectivity index is 0.000000177. The fourth-order valence-electron chi connectivity index (χ4n) is 11.8. The van der Waals surface area contributed by atoms with E-state index in [0.29, 0.717) is 57.5 Å². The lowest BCUT2D eigenvalue weighted by atomic mass is 10.0. The molecule has 0 bridgehead atoms. The minimum absolute atomic E-state index is 0.0154. The molecular formula is C65H74N14O6. The molecular weight excluding hydrogens is 1070 g/mol. The lowest BCUT2D eigenvalue weighted by molar-refractivity contribution is 0.0992. The molecule has 3 saturated heterocycles. The lowest BCUT2D eigenvalue weighted by Crippen LogP contribution is -2.36. The molecule has 440 valence electrons. The van der Waals surface area contributed by atoms with Gasteiger partial charge in [-0.25, -0.2) is 19.9 Å². The molecule has 12 rings (SSSR count). The van der Waals surface area contributed by atoms with Crippen LogP contribution in [0.25, 0.3) is 45.1 Å². The number of aromatic amines is 2. The third-order valence-corrected chi connectivity index (χ3v) is 16.4. The highest BCUT2D eigenvalue weighted by molar-refractivity contribution is 6.07. The average Bonchev–Trinajstić information content (AvgIpc) is 4.52. The van der Waals surface area contributed by atoms with Crippen molar-refractivity contribution >= 4 is 68.3 Å². The van der Waals surface area contributed by atoms with E-state index in [4.69, 9.17) is 30.9 Å². The van der Waals surface area contributed by atoms with Gasteiger partial charge in [-0.3, -0.25) is 14.5 Å². The van der Waals surface area contributed by atoms with Crippen molar-refractivity contribution in [1.29, 1.82) is 0 Å². The van der Waals surface area contributed by atoms with E-state index >= 15 is 0 Å². The number of H-pyrrole nitrogens is 2. The number of carbonyl (C=O) groups excluding carboxylic acids is 2. The summed E-state index contributed by atoms with van der Waals surface area (Å²) in [4.78, 5) is 57.2. The van der Waals surface area contributed by atoms with Crippen molar-refractivity contribution in [2.45, 2.75) is 64.7 Å². The van der Waals surface area contributed by atoms with Crippen LogP contribution in [0.2, 0.25) is 0 Å². The highest BCUT2D eigenvalue weighted by Crippen LogP contribution is 2.36. The van der Waals surface area contributed by atoms with Crippen LogP contribution in [0.4, 0.5) is 34.1 Å². The van der Waals surface area contributed by atoms with Gasteiger partial charge in [0, 0.05) is 91.6 Å². The zero-order valence-electron chi connectivity index (χ0n) is 48.1. The number of fused-ring (bicyclic) bond motifs is 2. The molecule has 0 unspecified atom stereocenters.